The van der Waals surface area contributed by atoms with E-state index in [9.17, 15) is 4.79 Å². The van der Waals surface area contributed by atoms with Gasteiger partial charge >= 0.3 is 0 Å². The summed E-state index contributed by atoms with van der Waals surface area (Å²) in [4.78, 5) is 34.2. The fourth-order valence-corrected chi connectivity index (χ4v) is 4.96. The zero-order chi connectivity index (χ0) is 22.2. The first-order chi connectivity index (χ1) is 16.2. The Morgan fingerprint density at radius 1 is 1.03 bits per heavy atom. The van der Waals surface area contributed by atoms with E-state index in [2.05, 4.69) is 14.9 Å². The molecule has 2 aliphatic rings. The van der Waals surface area contributed by atoms with E-state index in [1.165, 1.54) is 6.39 Å². The Bertz CT molecular complexity index is 1280. The second kappa shape index (κ2) is 8.35. The van der Waals surface area contributed by atoms with Crippen molar-refractivity contribution in [3.8, 4) is 22.7 Å². The van der Waals surface area contributed by atoms with Gasteiger partial charge < -0.3 is 19.2 Å². The van der Waals surface area contributed by atoms with Gasteiger partial charge in [-0.2, -0.15) is 0 Å². The molecule has 0 saturated carbocycles. The van der Waals surface area contributed by atoms with E-state index >= 15 is 0 Å². The number of likely N-dealkylation sites (tertiary alicyclic amines) is 1. The number of piperidine rings is 1. The number of carbonyl (C=O) groups is 1. The Labute approximate surface area is 191 Å². The SMILES string of the molecule is O=C(C1CCCN(c2ccc3[nH]c(-c4cccc(-c5cnco5)c4)nc3n2)C1)N1CCCC1. The van der Waals surface area contributed by atoms with Gasteiger partial charge in [0.1, 0.15) is 11.6 Å². The van der Waals surface area contributed by atoms with Crippen LogP contribution in [0.2, 0.25) is 0 Å². The van der Waals surface area contributed by atoms with Crippen molar-refractivity contribution >= 4 is 22.9 Å². The number of oxazole rings is 1. The Hall–Kier alpha value is -3.68. The van der Waals surface area contributed by atoms with Gasteiger partial charge in [0, 0.05) is 37.3 Å². The van der Waals surface area contributed by atoms with Gasteiger partial charge in [-0.05, 0) is 43.9 Å². The average Bonchev–Trinajstić information content (AvgIpc) is 3.65. The lowest BCUT2D eigenvalue weighted by atomic mass is 9.96. The number of imidazole rings is 1. The summed E-state index contributed by atoms with van der Waals surface area (Å²) in [5.41, 5.74) is 3.47. The summed E-state index contributed by atoms with van der Waals surface area (Å²) in [6, 6.07) is 12.1. The molecule has 2 fully saturated rings. The number of hydrogen-bond donors (Lipinski definition) is 1. The minimum Gasteiger partial charge on any atom is -0.444 e. The molecule has 1 amide bonds. The number of nitrogens with zero attached hydrogens (tertiary/aromatic N) is 5. The Morgan fingerprint density at radius 2 is 1.91 bits per heavy atom. The average molecular weight is 443 g/mol. The van der Waals surface area contributed by atoms with Gasteiger partial charge in [0.15, 0.2) is 17.8 Å². The number of hydrogen-bond acceptors (Lipinski definition) is 6. The molecule has 0 radical (unpaired) electrons. The van der Waals surface area contributed by atoms with Crippen LogP contribution in [-0.2, 0) is 4.79 Å². The summed E-state index contributed by atoms with van der Waals surface area (Å²) in [6.07, 6.45) is 7.35. The van der Waals surface area contributed by atoms with Crippen LogP contribution in [0.1, 0.15) is 25.7 Å². The predicted molar refractivity (Wildman–Crippen MR) is 126 cm³/mol. The van der Waals surface area contributed by atoms with E-state index in [0.29, 0.717) is 11.6 Å². The summed E-state index contributed by atoms with van der Waals surface area (Å²) >= 11 is 0. The standard InChI is InChI=1S/C25H26N6O2/c32-25(30-10-1-2-11-30)19-7-4-12-31(15-19)22-9-8-20-24(28-22)29-23(27-20)18-6-3-5-17(13-18)21-14-26-16-33-21/h3,5-6,8-9,13-14,16,19H,1-2,4,7,10-12,15H2,(H,27,28,29). The van der Waals surface area contributed by atoms with Gasteiger partial charge in [0.2, 0.25) is 5.91 Å². The maximum atomic E-state index is 12.9. The van der Waals surface area contributed by atoms with Gasteiger partial charge in [-0.3, -0.25) is 4.79 Å². The Balaban J connectivity index is 1.24. The second-order valence-corrected chi connectivity index (χ2v) is 8.89. The molecule has 4 aromatic rings. The molecule has 1 aromatic carbocycles. The number of H-pyrrole nitrogens is 1. The molecule has 3 aromatic heterocycles. The maximum absolute atomic E-state index is 12.9. The lowest BCUT2D eigenvalue weighted by molar-refractivity contribution is -0.134. The van der Waals surface area contributed by atoms with Crippen LogP contribution in [0.3, 0.4) is 0 Å². The summed E-state index contributed by atoms with van der Waals surface area (Å²) in [6.45, 7) is 3.46. The molecule has 2 saturated heterocycles. The first-order valence-corrected chi connectivity index (χ1v) is 11.6. The fourth-order valence-electron chi connectivity index (χ4n) is 4.96. The normalized spacial score (nSPS) is 18.8. The highest BCUT2D eigenvalue weighted by Gasteiger charge is 2.31. The van der Waals surface area contributed by atoms with Crippen LogP contribution in [0, 0.1) is 5.92 Å². The van der Waals surface area contributed by atoms with Gasteiger partial charge in [0.05, 0.1) is 17.6 Å². The van der Waals surface area contributed by atoms with Crippen molar-refractivity contribution in [1.29, 1.82) is 0 Å². The number of rotatable bonds is 4. The molecule has 1 N–H and O–H groups in total. The lowest BCUT2D eigenvalue weighted by Gasteiger charge is -2.34. The molecule has 0 aliphatic carbocycles. The zero-order valence-electron chi connectivity index (χ0n) is 18.4. The summed E-state index contributed by atoms with van der Waals surface area (Å²) in [5.74, 6) is 2.73. The van der Waals surface area contributed by atoms with Crippen LogP contribution < -0.4 is 4.90 Å². The fraction of sp³-hybridized carbons (Fsp3) is 0.360. The quantitative estimate of drug-likeness (QED) is 0.511. The number of carbonyl (C=O) groups excluding carboxylic acids is 1. The van der Waals surface area contributed by atoms with Gasteiger partial charge in [-0.1, -0.05) is 18.2 Å². The highest BCUT2D eigenvalue weighted by Crippen LogP contribution is 2.28. The second-order valence-electron chi connectivity index (χ2n) is 8.89. The molecule has 168 valence electrons. The van der Waals surface area contributed by atoms with Crippen LogP contribution in [0.15, 0.2) is 53.4 Å². The van der Waals surface area contributed by atoms with Crippen molar-refractivity contribution in [2.24, 2.45) is 5.92 Å². The molecule has 1 atom stereocenters. The lowest BCUT2D eigenvalue weighted by Crippen LogP contribution is -2.44. The molecular formula is C25H26N6O2. The molecule has 1 unspecified atom stereocenters. The van der Waals surface area contributed by atoms with Gasteiger partial charge in [-0.25, -0.2) is 15.0 Å². The Morgan fingerprint density at radius 3 is 2.76 bits per heavy atom. The minimum atomic E-state index is 0.0583. The molecule has 0 bridgehead atoms. The molecule has 0 spiro atoms. The molecule has 6 rings (SSSR count). The first kappa shape index (κ1) is 20.0. The van der Waals surface area contributed by atoms with E-state index in [0.717, 1.165) is 85.9 Å². The number of aromatic amines is 1. The van der Waals surface area contributed by atoms with Crippen LogP contribution >= 0.6 is 0 Å². The van der Waals surface area contributed by atoms with Crippen LogP contribution in [0.25, 0.3) is 33.9 Å². The molecule has 5 heterocycles. The van der Waals surface area contributed by atoms with Crippen molar-refractivity contribution in [2.45, 2.75) is 25.7 Å². The van der Waals surface area contributed by atoms with Crippen molar-refractivity contribution in [1.82, 2.24) is 24.8 Å². The zero-order valence-corrected chi connectivity index (χ0v) is 18.4. The first-order valence-electron chi connectivity index (χ1n) is 11.6. The Kier molecular flexibility index (Phi) is 5.05. The molecule has 8 heteroatoms. The van der Waals surface area contributed by atoms with Crippen molar-refractivity contribution in [3.63, 3.8) is 0 Å². The number of fused-ring (bicyclic) bond motifs is 1. The van der Waals surface area contributed by atoms with Crippen LogP contribution in [0.4, 0.5) is 5.82 Å². The number of anilines is 1. The third-order valence-corrected chi connectivity index (χ3v) is 6.70. The third kappa shape index (κ3) is 3.86. The monoisotopic (exact) mass is 442 g/mol. The van der Waals surface area contributed by atoms with Gasteiger partial charge in [-0.15, -0.1) is 0 Å². The maximum Gasteiger partial charge on any atom is 0.227 e. The van der Waals surface area contributed by atoms with Crippen LogP contribution in [-0.4, -0.2) is 56.9 Å². The van der Waals surface area contributed by atoms with E-state index in [1.807, 2.05) is 41.3 Å². The molecular weight excluding hydrogens is 416 g/mol. The number of nitrogens with one attached hydrogen (secondary N) is 1. The largest absolute Gasteiger partial charge is 0.444 e. The molecule has 2 aliphatic heterocycles. The number of benzene rings is 1. The summed E-state index contributed by atoms with van der Waals surface area (Å²) < 4.78 is 5.42. The highest BCUT2D eigenvalue weighted by molar-refractivity contribution is 5.81. The minimum absolute atomic E-state index is 0.0583. The van der Waals surface area contributed by atoms with E-state index < -0.39 is 0 Å². The molecule has 8 nitrogen and oxygen atoms in total. The third-order valence-electron chi connectivity index (χ3n) is 6.70. The predicted octanol–water partition coefficient (Wildman–Crippen LogP) is 4.12. The van der Waals surface area contributed by atoms with E-state index in [-0.39, 0.29) is 5.92 Å². The topological polar surface area (TPSA) is 91.2 Å². The number of pyridine rings is 1. The smallest absolute Gasteiger partial charge is 0.227 e. The number of aromatic nitrogens is 4. The highest BCUT2D eigenvalue weighted by atomic mass is 16.3. The van der Waals surface area contributed by atoms with E-state index in [1.54, 1.807) is 6.20 Å². The van der Waals surface area contributed by atoms with Crippen molar-refractivity contribution < 1.29 is 9.21 Å². The van der Waals surface area contributed by atoms with E-state index in [4.69, 9.17) is 14.4 Å². The van der Waals surface area contributed by atoms with Gasteiger partial charge in [0.25, 0.3) is 0 Å². The molecule has 33 heavy (non-hydrogen) atoms. The van der Waals surface area contributed by atoms with Crippen molar-refractivity contribution in [3.05, 3.63) is 49.0 Å². The summed E-state index contributed by atoms with van der Waals surface area (Å²) in [5, 5.41) is 0. The number of amides is 1. The summed E-state index contributed by atoms with van der Waals surface area (Å²) in [7, 11) is 0. The van der Waals surface area contributed by atoms with Crippen molar-refractivity contribution in [2.75, 3.05) is 31.1 Å². The van der Waals surface area contributed by atoms with Crippen LogP contribution in [0.5, 0.6) is 0 Å².